The Kier molecular flexibility index (Phi) is 9.99. The third-order valence-corrected chi connectivity index (χ3v) is 8.42. The highest BCUT2D eigenvalue weighted by Crippen LogP contribution is 2.34. The van der Waals surface area contributed by atoms with Crippen LogP contribution in [-0.4, -0.2) is 51.9 Å². The number of carbonyl (C=O) groups excluding carboxylic acids is 2. The number of likely N-dealkylation sites (N-methyl/N-ethyl adjacent to an activating group) is 1. The quantitative estimate of drug-likeness (QED) is 0.359. The molecule has 8 nitrogen and oxygen atoms in total. The van der Waals surface area contributed by atoms with E-state index in [-0.39, 0.29) is 23.0 Å². The van der Waals surface area contributed by atoms with Crippen LogP contribution in [0.3, 0.4) is 0 Å². The van der Waals surface area contributed by atoms with Crippen molar-refractivity contribution in [2.75, 3.05) is 25.0 Å². The van der Waals surface area contributed by atoms with Gasteiger partial charge in [-0.05, 0) is 67.8 Å². The van der Waals surface area contributed by atoms with Gasteiger partial charge in [-0.3, -0.25) is 13.9 Å². The highest BCUT2D eigenvalue weighted by molar-refractivity contribution is 7.92. The van der Waals surface area contributed by atoms with E-state index >= 15 is 0 Å². The Hall–Kier alpha value is -3.56. The zero-order valence-electron chi connectivity index (χ0n) is 22.8. The number of methoxy groups -OCH3 is 1. The van der Waals surface area contributed by atoms with Crippen LogP contribution in [0.25, 0.3) is 0 Å². The van der Waals surface area contributed by atoms with Crippen LogP contribution in [0.5, 0.6) is 5.75 Å². The SMILES string of the molecule is CC[C@@H](C(=O)NC)N(Cc1ccc(Cl)cc1)C(=O)CN(c1cc(C)ccc1OC)S(=O)(=O)c1ccc(C)cc1. The molecule has 0 unspecified atom stereocenters. The first kappa shape index (κ1) is 30.0. The molecule has 0 fully saturated rings. The molecule has 3 aromatic rings. The van der Waals surface area contributed by atoms with Crippen molar-refractivity contribution < 1.29 is 22.7 Å². The van der Waals surface area contributed by atoms with E-state index in [1.807, 2.05) is 13.8 Å². The minimum atomic E-state index is -4.20. The van der Waals surface area contributed by atoms with Crippen molar-refractivity contribution in [3.8, 4) is 5.75 Å². The summed E-state index contributed by atoms with van der Waals surface area (Å²) in [5.74, 6) is -0.591. The normalized spacial score (nSPS) is 11.9. The molecule has 0 bridgehead atoms. The van der Waals surface area contributed by atoms with E-state index in [1.54, 1.807) is 61.5 Å². The van der Waals surface area contributed by atoms with E-state index in [4.69, 9.17) is 16.3 Å². The molecule has 0 aliphatic carbocycles. The summed E-state index contributed by atoms with van der Waals surface area (Å²) in [6, 6.07) is 17.7. The summed E-state index contributed by atoms with van der Waals surface area (Å²) < 4.78 is 34.6. The van der Waals surface area contributed by atoms with Gasteiger partial charge < -0.3 is 15.0 Å². The first-order valence-corrected chi connectivity index (χ1v) is 14.3. The number of hydrogen-bond donors (Lipinski definition) is 1. The van der Waals surface area contributed by atoms with Gasteiger partial charge in [0.15, 0.2) is 0 Å². The lowest BCUT2D eigenvalue weighted by molar-refractivity contribution is -0.140. The maximum absolute atomic E-state index is 14.0. The maximum Gasteiger partial charge on any atom is 0.264 e. The Balaban J connectivity index is 2.12. The van der Waals surface area contributed by atoms with Crippen LogP contribution in [0.2, 0.25) is 5.02 Å². The number of nitrogens with one attached hydrogen (secondary N) is 1. The van der Waals surface area contributed by atoms with E-state index in [1.165, 1.54) is 31.2 Å². The number of aryl methyl sites for hydroxylation is 2. The van der Waals surface area contributed by atoms with Gasteiger partial charge in [0, 0.05) is 18.6 Å². The molecule has 0 spiro atoms. The van der Waals surface area contributed by atoms with Crippen molar-refractivity contribution in [1.29, 1.82) is 0 Å². The van der Waals surface area contributed by atoms with Crippen LogP contribution >= 0.6 is 11.6 Å². The minimum Gasteiger partial charge on any atom is -0.495 e. The summed E-state index contributed by atoms with van der Waals surface area (Å²) in [5.41, 5.74) is 2.66. The van der Waals surface area contributed by atoms with Crippen LogP contribution in [0.4, 0.5) is 5.69 Å². The van der Waals surface area contributed by atoms with Gasteiger partial charge in [-0.1, -0.05) is 54.4 Å². The summed E-state index contributed by atoms with van der Waals surface area (Å²) >= 11 is 6.04. The average molecular weight is 572 g/mol. The molecule has 2 amide bonds. The molecule has 3 rings (SSSR count). The lowest BCUT2D eigenvalue weighted by atomic mass is 10.1. The molecule has 0 saturated carbocycles. The molecule has 1 atom stereocenters. The van der Waals surface area contributed by atoms with Crippen molar-refractivity contribution in [3.63, 3.8) is 0 Å². The van der Waals surface area contributed by atoms with E-state index in [2.05, 4.69) is 5.32 Å². The fourth-order valence-electron chi connectivity index (χ4n) is 4.22. The van der Waals surface area contributed by atoms with Crippen LogP contribution in [0, 0.1) is 13.8 Å². The van der Waals surface area contributed by atoms with E-state index in [0.29, 0.717) is 17.2 Å². The highest BCUT2D eigenvalue weighted by Gasteiger charge is 2.34. The second kappa shape index (κ2) is 13.0. The predicted molar refractivity (Wildman–Crippen MR) is 154 cm³/mol. The van der Waals surface area contributed by atoms with Gasteiger partial charge in [0.05, 0.1) is 17.7 Å². The van der Waals surface area contributed by atoms with Gasteiger partial charge in [-0.25, -0.2) is 8.42 Å². The first-order chi connectivity index (χ1) is 18.5. The van der Waals surface area contributed by atoms with Gasteiger partial charge in [-0.15, -0.1) is 0 Å². The lowest BCUT2D eigenvalue weighted by Crippen LogP contribution is -2.51. The molecule has 1 N–H and O–H groups in total. The Morgan fingerprint density at radius 3 is 2.15 bits per heavy atom. The van der Waals surface area contributed by atoms with Gasteiger partial charge in [0.1, 0.15) is 18.3 Å². The topological polar surface area (TPSA) is 96.0 Å². The third-order valence-electron chi connectivity index (χ3n) is 6.39. The monoisotopic (exact) mass is 571 g/mol. The largest absolute Gasteiger partial charge is 0.495 e. The molecular formula is C29H34ClN3O5S. The van der Waals surface area contributed by atoms with Gasteiger partial charge in [0.25, 0.3) is 10.0 Å². The van der Waals surface area contributed by atoms with Crippen LogP contribution < -0.4 is 14.4 Å². The second-order valence-corrected chi connectivity index (χ2v) is 11.5. The number of anilines is 1. The molecule has 0 aliphatic heterocycles. The lowest BCUT2D eigenvalue weighted by Gasteiger charge is -2.33. The average Bonchev–Trinajstić information content (AvgIpc) is 2.92. The number of halogens is 1. The summed E-state index contributed by atoms with van der Waals surface area (Å²) in [6.45, 7) is 5.03. The number of hydrogen-bond acceptors (Lipinski definition) is 5. The van der Waals surface area contributed by atoms with Crippen LogP contribution in [-0.2, 0) is 26.2 Å². The fourth-order valence-corrected chi connectivity index (χ4v) is 5.76. The Labute approximate surface area is 235 Å². The van der Waals surface area contributed by atoms with Crippen molar-refractivity contribution in [1.82, 2.24) is 10.2 Å². The number of nitrogens with zero attached hydrogens (tertiary/aromatic N) is 2. The Morgan fingerprint density at radius 2 is 1.59 bits per heavy atom. The van der Waals surface area contributed by atoms with Crippen molar-refractivity contribution in [2.45, 2.75) is 44.7 Å². The Morgan fingerprint density at radius 1 is 0.974 bits per heavy atom. The number of ether oxygens (including phenoxy) is 1. The molecule has 0 heterocycles. The van der Waals surface area contributed by atoms with Crippen molar-refractivity contribution in [2.24, 2.45) is 0 Å². The summed E-state index contributed by atoms with van der Waals surface area (Å²) in [4.78, 5) is 28.3. The number of amides is 2. The predicted octanol–water partition coefficient (Wildman–Crippen LogP) is 4.71. The summed E-state index contributed by atoms with van der Waals surface area (Å²) in [5, 5.41) is 3.15. The number of carbonyl (C=O) groups is 2. The molecule has 3 aromatic carbocycles. The third kappa shape index (κ3) is 7.10. The molecule has 0 radical (unpaired) electrons. The maximum atomic E-state index is 14.0. The van der Waals surface area contributed by atoms with E-state index < -0.39 is 28.5 Å². The standard InChI is InChI=1S/C29H34ClN3O5S/c1-6-25(29(35)31-4)32(18-22-10-12-23(30)13-11-22)28(34)19-33(26-17-21(3)9-16-27(26)38-5)39(36,37)24-14-7-20(2)8-15-24/h7-17,25H,6,18-19H2,1-5H3,(H,31,35)/t25-/m0/s1. The molecule has 10 heteroatoms. The fraction of sp³-hybridized carbons (Fsp3) is 0.310. The van der Waals surface area contributed by atoms with Crippen LogP contribution in [0.15, 0.2) is 71.6 Å². The summed E-state index contributed by atoms with van der Waals surface area (Å²) in [6.07, 6.45) is 0.331. The smallest absolute Gasteiger partial charge is 0.264 e. The van der Waals surface area contributed by atoms with Gasteiger partial charge in [0.2, 0.25) is 11.8 Å². The van der Waals surface area contributed by atoms with E-state index in [9.17, 15) is 18.0 Å². The van der Waals surface area contributed by atoms with Crippen molar-refractivity contribution >= 4 is 39.1 Å². The summed E-state index contributed by atoms with van der Waals surface area (Å²) in [7, 11) is -1.25. The molecular weight excluding hydrogens is 538 g/mol. The number of rotatable bonds is 11. The zero-order chi connectivity index (χ0) is 28.7. The highest BCUT2D eigenvalue weighted by atomic mass is 35.5. The second-order valence-electron chi connectivity index (χ2n) is 9.19. The van der Waals surface area contributed by atoms with Gasteiger partial charge in [-0.2, -0.15) is 0 Å². The Bertz CT molecular complexity index is 1410. The zero-order valence-corrected chi connectivity index (χ0v) is 24.3. The molecule has 0 saturated heterocycles. The molecule has 39 heavy (non-hydrogen) atoms. The number of benzene rings is 3. The molecule has 208 valence electrons. The van der Waals surface area contributed by atoms with Crippen LogP contribution in [0.1, 0.15) is 30.0 Å². The molecule has 0 aromatic heterocycles. The first-order valence-electron chi connectivity index (χ1n) is 12.5. The number of sulfonamides is 1. The molecule has 0 aliphatic rings. The van der Waals surface area contributed by atoms with Crippen molar-refractivity contribution in [3.05, 3.63) is 88.4 Å². The van der Waals surface area contributed by atoms with Gasteiger partial charge >= 0.3 is 0 Å². The minimum absolute atomic E-state index is 0.0343. The van der Waals surface area contributed by atoms with E-state index in [0.717, 1.165) is 21.0 Å².